The summed E-state index contributed by atoms with van der Waals surface area (Å²) in [5.74, 6) is -0.500. The van der Waals surface area contributed by atoms with E-state index in [2.05, 4.69) is 15.2 Å². The molecule has 2 aromatic carbocycles. The van der Waals surface area contributed by atoms with Crippen LogP contribution in [0.15, 0.2) is 42.2 Å². The zero-order chi connectivity index (χ0) is 19.0. The van der Waals surface area contributed by atoms with E-state index < -0.39 is 5.91 Å². The standard InChI is InChI=1S/C21H21FN2O3/c1-13(27-22)20-17-11-16(19(25)12-18(17)23-21(20)26)14-5-7-15(8-6-14)24-9-3-2-4-10-24/h5-8,11-12,25H,2-4,9-10H2,1H3,(H,23,26)/b20-13+. The Balaban J connectivity index is 1.71. The van der Waals surface area contributed by atoms with Gasteiger partial charge >= 0.3 is 0 Å². The molecule has 0 spiro atoms. The lowest BCUT2D eigenvalue weighted by molar-refractivity contribution is -0.112. The van der Waals surface area contributed by atoms with Crippen LogP contribution in [-0.4, -0.2) is 24.1 Å². The molecule has 2 heterocycles. The highest BCUT2D eigenvalue weighted by molar-refractivity contribution is 6.32. The van der Waals surface area contributed by atoms with E-state index in [1.807, 2.05) is 24.3 Å². The monoisotopic (exact) mass is 368 g/mol. The summed E-state index contributed by atoms with van der Waals surface area (Å²) in [7, 11) is 0. The van der Waals surface area contributed by atoms with Gasteiger partial charge in [-0.2, -0.15) is 0 Å². The van der Waals surface area contributed by atoms with Gasteiger partial charge in [-0.15, -0.1) is 0 Å². The molecule has 1 saturated heterocycles. The molecule has 4 rings (SSSR count). The van der Waals surface area contributed by atoms with Crippen LogP contribution in [0.25, 0.3) is 16.7 Å². The molecule has 2 aromatic rings. The Hall–Kier alpha value is -3.02. The van der Waals surface area contributed by atoms with Gasteiger partial charge in [0.2, 0.25) is 0 Å². The third-order valence-electron chi connectivity index (χ3n) is 5.25. The van der Waals surface area contributed by atoms with Crippen molar-refractivity contribution >= 4 is 22.9 Å². The van der Waals surface area contributed by atoms with E-state index in [1.165, 1.54) is 37.9 Å². The second-order valence-corrected chi connectivity index (χ2v) is 6.97. The molecule has 0 aliphatic carbocycles. The van der Waals surface area contributed by atoms with Crippen molar-refractivity contribution in [3.05, 3.63) is 47.7 Å². The minimum Gasteiger partial charge on any atom is -0.507 e. The van der Waals surface area contributed by atoms with Crippen molar-refractivity contribution in [1.82, 2.24) is 0 Å². The average Bonchev–Trinajstić information content (AvgIpc) is 3.02. The molecule has 5 nitrogen and oxygen atoms in total. The second-order valence-electron chi connectivity index (χ2n) is 6.97. The molecule has 1 fully saturated rings. The van der Waals surface area contributed by atoms with Crippen LogP contribution in [0.2, 0.25) is 0 Å². The van der Waals surface area contributed by atoms with Crippen molar-refractivity contribution in [2.75, 3.05) is 23.3 Å². The van der Waals surface area contributed by atoms with E-state index >= 15 is 0 Å². The summed E-state index contributed by atoms with van der Waals surface area (Å²) in [4.78, 5) is 18.2. The number of aromatic hydroxyl groups is 1. The van der Waals surface area contributed by atoms with Gasteiger partial charge in [0.25, 0.3) is 5.91 Å². The number of carbonyl (C=O) groups excluding carboxylic acids is 1. The van der Waals surface area contributed by atoms with E-state index in [0.29, 0.717) is 16.8 Å². The summed E-state index contributed by atoms with van der Waals surface area (Å²) in [6.45, 7) is 3.52. The van der Waals surface area contributed by atoms with Gasteiger partial charge in [-0.3, -0.25) is 9.74 Å². The van der Waals surface area contributed by atoms with Crippen LogP contribution in [0.4, 0.5) is 15.9 Å². The molecule has 2 aliphatic rings. The second kappa shape index (κ2) is 6.95. The van der Waals surface area contributed by atoms with Crippen LogP contribution >= 0.6 is 0 Å². The van der Waals surface area contributed by atoms with Crippen molar-refractivity contribution in [2.45, 2.75) is 26.2 Å². The number of amides is 1. The lowest BCUT2D eigenvalue weighted by Gasteiger charge is -2.28. The first-order valence-corrected chi connectivity index (χ1v) is 9.12. The summed E-state index contributed by atoms with van der Waals surface area (Å²) < 4.78 is 12.6. The number of piperidine rings is 1. The normalized spacial score (nSPS) is 18.1. The average molecular weight is 368 g/mol. The molecule has 0 bridgehead atoms. The van der Waals surface area contributed by atoms with Gasteiger partial charge in [0, 0.05) is 40.5 Å². The quantitative estimate of drug-likeness (QED) is 0.612. The fourth-order valence-corrected chi connectivity index (χ4v) is 3.83. The number of hydrogen-bond acceptors (Lipinski definition) is 4. The topological polar surface area (TPSA) is 61.8 Å². The maximum atomic E-state index is 12.6. The highest BCUT2D eigenvalue weighted by Crippen LogP contribution is 2.42. The molecule has 0 saturated carbocycles. The SMILES string of the molecule is C/C(OF)=C1\C(=O)Nc2cc(O)c(-c3ccc(N4CCCCC4)cc3)cc21. The summed E-state index contributed by atoms with van der Waals surface area (Å²) in [5, 5.41) is 13.1. The van der Waals surface area contributed by atoms with E-state index in [4.69, 9.17) is 0 Å². The van der Waals surface area contributed by atoms with Gasteiger partial charge in [-0.1, -0.05) is 12.1 Å². The molecule has 140 valence electrons. The van der Waals surface area contributed by atoms with E-state index in [-0.39, 0.29) is 17.1 Å². The smallest absolute Gasteiger partial charge is 0.259 e. The highest BCUT2D eigenvalue weighted by atomic mass is 19.3. The predicted octanol–water partition coefficient (Wildman–Crippen LogP) is 4.63. The molecule has 2 N–H and O–H groups in total. The zero-order valence-electron chi connectivity index (χ0n) is 15.1. The highest BCUT2D eigenvalue weighted by Gasteiger charge is 2.29. The summed E-state index contributed by atoms with van der Waals surface area (Å²) >= 11 is 0. The molecule has 27 heavy (non-hydrogen) atoms. The van der Waals surface area contributed by atoms with Crippen molar-refractivity contribution in [1.29, 1.82) is 0 Å². The fourth-order valence-electron chi connectivity index (χ4n) is 3.83. The number of phenolic OH excluding ortho intramolecular Hbond substituents is 1. The molecule has 2 aliphatic heterocycles. The van der Waals surface area contributed by atoms with Crippen LogP contribution in [0.1, 0.15) is 31.7 Å². The number of nitrogens with zero attached hydrogens (tertiary/aromatic N) is 1. The molecule has 0 unspecified atom stereocenters. The number of allylic oxidation sites excluding steroid dienone is 1. The van der Waals surface area contributed by atoms with Gasteiger partial charge < -0.3 is 15.3 Å². The van der Waals surface area contributed by atoms with Crippen LogP contribution in [0.5, 0.6) is 5.75 Å². The number of benzene rings is 2. The van der Waals surface area contributed by atoms with Gasteiger partial charge in [0.05, 0.1) is 11.3 Å². The lowest BCUT2D eigenvalue weighted by Crippen LogP contribution is -2.29. The largest absolute Gasteiger partial charge is 0.507 e. The molecule has 6 heteroatoms. The van der Waals surface area contributed by atoms with Crippen molar-refractivity contribution in [3.8, 4) is 16.9 Å². The van der Waals surface area contributed by atoms with Crippen LogP contribution < -0.4 is 10.2 Å². The molecular formula is C21H21FN2O3. The van der Waals surface area contributed by atoms with Crippen molar-refractivity contribution in [2.24, 2.45) is 0 Å². The van der Waals surface area contributed by atoms with Crippen molar-refractivity contribution < 1.29 is 19.4 Å². The minimum atomic E-state index is -0.447. The van der Waals surface area contributed by atoms with Gasteiger partial charge in [0.1, 0.15) is 5.75 Å². The molecular weight excluding hydrogens is 347 g/mol. The Labute approximate surface area is 157 Å². The Morgan fingerprint density at radius 1 is 1.11 bits per heavy atom. The van der Waals surface area contributed by atoms with E-state index in [0.717, 1.165) is 18.7 Å². The molecule has 0 atom stereocenters. The molecule has 0 radical (unpaired) electrons. The zero-order valence-corrected chi connectivity index (χ0v) is 15.1. The third kappa shape index (κ3) is 3.12. The number of phenols is 1. The maximum absolute atomic E-state index is 12.6. The number of hydrogen-bond donors (Lipinski definition) is 2. The lowest BCUT2D eigenvalue weighted by atomic mass is 9.97. The summed E-state index contributed by atoms with van der Waals surface area (Å²) in [5.41, 5.74) is 3.67. The van der Waals surface area contributed by atoms with Gasteiger partial charge in [-0.05, 0) is 49.9 Å². The summed E-state index contributed by atoms with van der Waals surface area (Å²) in [6, 6.07) is 11.2. The Bertz CT molecular complexity index is 916. The number of fused-ring (bicyclic) bond motifs is 1. The first-order valence-electron chi connectivity index (χ1n) is 9.12. The van der Waals surface area contributed by atoms with Crippen LogP contribution in [0, 0.1) is 0 Å². The number of nitrogens with one attached hydrogen (secondary N) is 1. The van der Waals surface area contributed by atoms with Gasteiger partial charge in [0.15, 0.2) is 5.76 Å². The van der Waals surface area contributed by atoms with Crippen molar-refractivity contribution in [3.63, 3.8) is 0 Å². The van der Waals surface area contributed by atoms with E-state index in [1.54, 1.807) is 6.07 Å². The number of carbonyl (C=O) groups is 1. The van der Waals surface area contributed by atoms with Crippen LogP contribution in [-0.2, 0) is 9.74 Å². The Morgan fingerprint density at radius 2 is 1.81 bits per heavy atom. The maximum Gasteiger partial charge on any atom is 0.259 e. The van der Waals surface area contributed by atoms with Gasteiger partial charge in [-0.25, -0.2) is 0 Å². The molecule has 1 amide bonds. The van der Waals surface area contributed by atoms with Crippen LogP contribution in [0.3, 0.4) is 0 Å². The number of rotatable bonds is 3. The third-order valence-corrected chi connectivity index (χ3v) is 5.25. The number of anilines is 2. The summed E-state index contributed by atoms with van der Waals surface area (Å²) in [6.07, 6.45) is 3.70. The Morgan fingerprint density at radius 3 is 2.48 bits per heavy atom. The first kappa shape index (κ1) is 17.4. The first-order chi connectivity index (χ1) is 13.1. The predicted molar refractivity (Wildman–Crippen MR) is 103 cm³/mol. The number of halogens is 1. The molecule has 0 aromatic heterocycles. The Kier molecular flexibility index (Phi) is 4.48. The fraction of sp³-hybridized carbons (Fsp3) is 0.286. The van der Waals surface area contributed by atoms with E-state index in [9.17, 15) is 14.4 Å². The minimum absolute atomic E-state index is 0.0554.